The highest BCUT2D eigenvalue weighted by molar-refractivity contribution is 6.01. The van der Waals surface area contributed by atoms with Crippen LogP contribution in [0.5, 0.6) is 5.75 Å². The lowest BCUT2D eigenvalue weighted by Crippen LogP contribution is -2.51. The van der Waals surface area contributed by atoms with Gasteiger partial charge in [-0.2, -0.15) is 0 Å². The van der Waals surface area contributed by atoms with Crippen LogP contribution in [0.1, 0.15) is 39.5 Å². The summed E-state index contributed by atoms with van der Waals surface area (Å²) in [7, 11) is 0. The van der Waals surface area contributed by atoms with Gasteiger partial charge >= 0.3 is 0 Å². The molecule has 0 bridgehead atoms. The highest BCUT2D eigenvalue weighted by Gasteiger charge is 2.39. The summed E-state index contributed by atoms with van der Waals surface area (Å²) in [5.41, 5.74) is 0.719. The van der Waals surface area contributed by atoms with E-state index in [0.717, 1.165) is 18.5 Å². The van der Waals surface area contributed by atoms with Crippen molar-refractivity contribution in [3.8, 4) is 5.75 Å². The first-order valence-corrected chi connectivity index (χ1v) is 10.1. The van der Waals surface area contributed by atoms with Gasteiger partial charge in [-0.1, -0.05) is 19.1 Å². The van der Waals surface area contributed by atoms with E-state index in [1.54, 1.807) is 9.80 Å². The number of rotatable bonds is 6. The van der Waals surface area contributed by atoms with Gasteiger partial charge in [-0.05, 0) is 31.9 Å². The topological polar surface area (TPSA) is 79.0 Å². The Labute approximate surface area is 166 Å². The minimum atomic E-state index is -0.359. The Kier molecular flexibility index (Phi) is 6.54. The van der Waals surface area contributed by atoms with Gasteiger partial charge in [-0.15, -0.1) is 0 Å². The maximum Gasteiger partial charge on any atom is 0.228 e. The first-order valence-electron chi connectivity index (χ1n) is 10.1. The Balaban J connectivity index is 1.66. The Morgan fingerprint density at radius 1 is 1.21 bits per heavy atom. The molecule has 2 fully saturated rings. The van der Waals surface area contributed by atoms with E-state index in [4.69, 9.17) is 4.74 Å². The quantitative estimate of drug-likeness (QED) is 0.809. The molecule has 1 aromatic carbocycles. The van der Waals surface area contributed by atoms with Crippen molar-refractivity contribution in [2.75, 3.05) is 31.1 Å². The standard InChI is InChI=1S/C21H29N3O4/c1-3-19(25)22-16-8-7-11-23(14-16)21(27)15-12-20(26)24(13-15)17-9-5-6-10-18(17)28-4-2/h5-6,9-10,15-16H,3-4,7-8,11-14H2,1-2H3,(H,22,25). The molecule has 0 spiro atoms. The molecule has 0 aromatic heterocycles. The third-order valence-electron chi connectivity index (χ3n) is 5.35. The molecular formula is C21H29N3O4. The van der Waals surface area contributed by atoms with Gasteiger partial charge < -0.3 is 19.9 Å². The van der Waals surface area contributed by atoms with E-state index in [1.807, 2.05) is 38.1 Å². The van der Waals surface area contributed by atoms with Crippen molar-refractivity contribution in [3.63, 3.8) is 0 Å². The van der Waals surface area contributed by atoms with E-state index >= 15 is 0 Å². The van der Waals surface area contributed by atoms with Crippen LogP contribution in [0.15, 0.2) is 24.3 Å². The zero-order chi connectivity index (χ0) is 20.1. The van der Waals surface area contributed by atoms with E-state index in [2.05, 4.69) is 5.32 Å². The normalized spacial score (nSPS) is 22.3. The number of hydrogen-bond acceptors (Lipinski definition) is 4. The molecule has 0 radical (unpaired) electrons. The lowest BCUT2D eigenvalue weighted by Gasteiger charge is -2.34. The molecule has 0 saturated carbocycles. The second-order valence-corrected chi connectivity index (χ2v) is 7.35. The number of carbonyl (C=O) groups is 3. The molecule has 7 heteroatoms. The molecule has 2 atom stereocenters. The van der Waals surface area contributed by atoms with Gasteiger partial charge in [0.05, 0.1) is 18.2 Å². The van der Waals surface area contributed by atoms with Gasteiger partial charge in [0.2, 0.25) is 17.7 Å². The molecule has 28 heavy (non-hydrogen) atoms. The third-order valence-corrected chi connectivity index (χ3v) is 5.35. The summed E-state index contributed by atoms with van der Waals surface area (Å²) >= 11 is 0. The number of carbonyl (C=O) groups excluding carboxylic acids is 3. The van der Waals surface area contributed by atoms with Crippen LogP contribution in [-0.2, 0) is 14.4 Å². The lowest BCUT2D eigenvalue weighted by atomic mass is 10.0. The van der Waals surface area contributed by atoms with Crippen molar-refractivity contribution in [2.45, 2.75) is 45.6 Å². The molecular weight excluding hydrogens is 358 g/mol. The molecule has 2 aliphatic heterocycles. The number of para-hydroxylation sites is 2. The summed E-state index contributed by atoms with van der Waals surface area (Å²) in [5, 5.41) is 2.98. The zero-order valence-corrected chi connectivity index (χ0v) is 16.6. The van der Waals surface area contributed by atoms with Crippen LogP contribution in [0, 0.1) is 5.92 Å². The van der Waals surface area contributed by atoms with Gasteiger partial charge in [-0.3, -0.25) is 14.4 Å². The van der Waals surface area contributed by atoms with Crippen LogP contribution in [0.3, 0.4) is 0 Å². The predicted molar refractivity (Wildman–Crippen MR) is 106 cm³/mol. The second kappa shape index (κ2) is 9.08. The molecule has 0 aliphatic carbocycles. The monoisotopic (exact) mass is 387 g/mol. The molecule has 2 aliphatic rings. The summed E-state index contributed by atoms with van der Waals surface area (Å²) in [6.07, 6.45) is 2.39. The maximum absolute atomic E-state index is 13.0. The van der Waals surface area contributed by atoms with Gasteiger partial charge in [0, 0.05) is 38.5 Å². The first-order chi connectivity index (χ1) is 13.5. The molecule has 1 N–H and O–H groups in total. The van der Waals surface area contributed by atoms with Crippen molar-refractivity contribution in [1.82, 2.24) is 10.2 Å². The van der Waals surface area contributed by atoms with Crippen LogP contribution < -0.4 is 15.0 Å². The maximum atomic E-state index is 13.0. The third kappa shape index (κ3) is 4.46. The largest absolute Gasteiger partial charge is 0.492 e. The molecule has 7 nitrogen and oxygen atoms in total. The van der Waals surface area contributed by atoms with Crippen molar-refractivity contribution in [2.24, 2.45) is 5.92 Å². The Morgan fingerprint density at radius 2 is 2.00 bits per heavy atom. The van der Waals surface area contributed by atoms with Crippen LogP contribution in [0.2, 0.25) is 0 Å². The molecule has 1 aromatic rings. The number of hydrogen-bond donors (Lipinski definition) is 1. The van der Waals surface area contributed by atoms with Crippen molar-refractivity contribution < 1.29 is 19.1 Å². The fourth-order valence-electron chi connectivity index (χ4n) is 3.95. The number of amides is 3. The Bertz CT molecular complexity index is 736. The SMILES string of the molecule is CCOc1ccccc1N1CC(C(=O)N2CCCC(NC(=O)CC)C2)CC1=O. The number of likely N-dealkylation sites (tertiary alicyclic amines) is 1. The van der Waals surface area contributed by atoms with Crippen LogP contribution in [0.25, 0.3) is 0 Å². The van der Waals surface area contributed by atoms with Gasteiger partial charge in [0.15, 0.2) is 0 Å². The van der Waals surface area contributed by atoms with E-state index in [9.17, 15) is 14.4 Å². The minimum absolute atomic E-state index is 0.000175. The molecule has 2 heterocycles. The smallest absolute Gasteiger partial charge is 0.228 e. The highest BCUT2D eigenvalue weighted by atomic mass is 16.5. The van der Waals surface area contributed by atoms with Gasteiger partial charge in [0.25, 0.3) is 0 Å². The summed E-state index contributed by atoms with van der Waals surface area (Å²) in [6, 6.07) is 7.43. The Morgan fingerprint density at radius 3 is 2.75 bits per heavy atom. The summed E-state index contributed by atoms with van der Waals surface area (Å²) < 4.78 is 5.64. The van der Waals surface area contributed by atoms with E-state index in [1.165, 1.54) is 0 Å². The molecule has 3 rings (SSSR count). The molecule has 152 valence electrons. The van der Waals surface area contributed by atoms with Crippen LogP contribution in [-0.4, -0.2) is 54.9 Å². The molecule has 3 amide bonds. The molecule has 2 unspecified atom stereocenters. The zero-order valence-electron chi connectivity index (χ0n) is 16.6. The van der Waals surface area contributed by atoms with Crippen molar-refractivity contribution in [1.29, 1.82) is 0 Å². The number of anilines is 1. The second-order valence-electron chi connectivity index (χ2n) is 7.35. The summed E-state index contributed by atoms with van der Waals surface area (Å²) in [4.78, 5) is 40.8. The summed E-state index contributed by atoms with van der Waals surface area (Å²) in [6.45, 7) is 5.80. The van der Waals surface area contributed by atoms with Crippen molar-refractivity contribution in [3.05, 3.63) is 24.3 Å². The first kappa shape index (κ1) is 20.2. The van der Waals surface area contributed by atoms with Gasteiger partial charge in [-0.25, -0.2) is 0 Å². The highest BCUT2D eigenvalue weighted by Crippen LogP contribution is 2.33. The van der Waals surface area contributed by atoms with E-state index < -0.39 is 0 Å². The fraction of sp³-hybridized carbons (Fsp3) is 0.571. The number of nitrogens with zero attached hydrogens (tertiary/aromatic N) is 2. The number of ether oxygens (including phenoxy) is 1. The average molecular weight is 387 g/mol. The number of piperidine rings is 1. The Hall–Kier alpha value is -2.57. The lowest BCUT2D eigenvalue weighted by molar-refractivity contribution is -0.137. The van der Waals surface area contributed by atoms with E-state index in [-0.39, 0.29) is 36.1 Å². The predicted octanol–water partition coefficient (Wildman–Crippen LogP) is 1.96. The van der Waals surface area contributed by atoms with E-state index in [0.29, 0.717) is 38.4 Å². The number of benzene rings is 1. The fourth-order valence-corrected chi connectivity index (χ4v) is 3.95. The summed E-state index contributed by atoms with van der Waals surface area (Å²) in [5.74, 6) is 0.252. The average Bonchev–Trinajstić information content (AvgIpc) is 3.09. The van der Waals surface area contributed by atoms with Crippen LogP contribution in [0.4, 0.5) is 5.69 Å². The molecule has 2 saturated heterocycles. The number of nitrogens with one attached hydrogen (secondary N) is 1. The van der Waals surface area contributed by atoms with Crippen LogP contribution >= 0.6 is 0 Å². The van der Waals surface area contributed by atoms with Gasteiger partial charge in [0.1, 0.15) is 5.75 Å². The van der Waals surface area contributed by atoms with Crippen molar-refractivity contribution >= 4 is 23.4 Å². The minimum Gasteiger partial charge on any atom is -0.492 e.